The molecule has 0 aliphatic rings. The number of rotatable bonds is 2. The van der Waals surface area contributed by atoms with E-state index in [4.69, 9.17) is 9.90 Å². The maximum Gasteiger partial charge on any atom is 0.513 e. The molecule has 0 aromatic carbocycles. The summed E-state index contributed by atoms with van der Waals surface area (Å²) in [5.74, 6) is -0.833. The van der Waals surface area contributed by atoms with Crippen molar-refractivity contribution in [2.24, 2.45) is 0 Å². The third-order valence-corrected chi connectivity index (χ3v) is 0.442. The molecular weight excluding hydrogens is 164 g/mol. The first-order valence-corrected chi connectivity index (χ1v) is 3.18. The lowest BCUT2D eigenvalue weighted by atomic mass is 10.9. The summed E-state index contributed by atoms with van der Waals surface area (Å²) in [6, 6.07) is 0. The molecule has 0 spiro atoms. The lowest BCUT2D eigenvalue weighted by molar-refractivity contribution is -0.134. The zero-order chi connectivity index (χ0) is 9.98. The third kappa shape index (κ3) is 23.6. The Morgan fingerprint density at radius 3 is 2.25 bits per heavy atom. The first-order valence-electron chi connectivity index (χ1n) is 3.18. The van der Waals surface area contributed by atoms with Gasteiger partial charge in [0.15, 0.2) is 0 Å². The van der Waals surface area contributed by atoms with Crippen LogP contribution in [0.3, 0.4) is 0 Å². The van der Waals surface area contributed by atoms with E-state index in [1.165, 1.54) is 0 Å². The van der Waals surface area contributed by atoms with Crippen molar-refractivity contribution in [3.05, 3.63) is 12.8 Å². The minimum absolute atomic E-state index is 0.326. The fourth-order valence-electron chi connectivity index (χ4n) is 0.220. The number of aliphatic carboxylic acids is 1. The highest BCUT2D eigenvalue weighted by atomic mass is 16.7. The number of carbonyl (C=O) groups excluding carboxylic acids is 1. The van der Waals surface area contributed by atoms with Gasteiger partial charge in [0.1, 0.15) is 0 Å². The van der Waals surface area contributed by atoms with Crippen LogP contribution in [0.5, 0.6) is 0 Å². The molecule has 0 aromatic rings. The summed E-state index contributed by atoms with van der Waals surface area (Å²) in [6.07, 6.45) is 0.320. The van der Waals surface area contributed by atoms with Gasteiger partial charge in [-0.05, 0) is 6.92 Å². The Balaban J connectivity index is 0. The number of ether oxygens (including phenoxy) is 2. The normalized spacial score (nSPS) is 7.17. The summed E-state index contributed by atoms with van der Waals surface area (Å²) in [5.41, 5.74) is 0. The van der Waals surface area contributed by atoms with Gasteiger partial charge in [-0.25, -0.2) is 4.79 Å². The molecule has 0 heterocycles. The van der Waals surface area contributed by atoms with Gasteiger partial charge in [-0.3, -0.25) is 4.79 Å². The highest BCUT2D eigenvalue weighted by molar-refractivity contribution is 5.63. The predicted molar refractivity (Wildman–Crippen MR) is 41.6 cm³/mol. The summed E-state index contributed by atoms with van der Waals surface area (Å²) in [5, 5.41) is 7.42. The van der Waals surface area contributed by atoms with Crippen molar-refractivity contribution in [2.75, 3.05) is 6.61 Å². The second-order valence-corrected chi connectivity index (χ2v) is 1.49. The van der Waals surface area contributed by atoms with Crippen LogP contribution >= 0.6 is 0 Å². The van der Waals surface area contributed by atoms with Crippen LogP contribution in [-0.2, 0) is 14.3 Å². The molecule has 0 saturated heterocycles. The Kier molecular flexibility index (Phi) is 10.3. The van der Waals surface area contributed by atoms with E-state index in [1.807, 2.05) is 0 Å². The fraction of sp³-hybridized carbons (Fsp3) is 0.429. The molecule has 0 rings (SSSR count). The standard InChI is InChI=1S/C5H8O3.C2H4O2/c1-3-7-5(6)8-4-2;1-2(3)4/h3H,1,4H2,2H3;1H3,(H,3,4). The number of carboxylic acid groups (broad SMARTS) is 1. The van der Waals surface area contributed by atoms with Gasteiger partial charge in [0.05, 0.1) is 12.9 Å². The van der Waals surface area contributed by atoms with Crippen molar-refractivity contribution < 1.29 is 24.2 Å². The van der Waals surface area contributed by atoms with Crippen molar-refractivity contribution in [2.45, 2.75) is 13.8 Å². The Hall–Kier alpha value is -1.52. The molecule has 0 aromatic heterocycles. The Morgan fingerprint density at radius 1 is 1.58 bits per heavy atom. The molecule has 0 aliphatic heterocycles. The monoisotopic (exact) mass is 176 g/mol. The van der Waals surface area contributed by atoms with E-state index >= 15 is 0 Å². The zero-order valence-corrected chi connectivity index (χ0v) is 7.07. The van der Waals surface area contributed by atoms with E-state index in [1.54, 1.807) is 6.92 Å². The lowest BCUT2D eigenvalue weighted by Gasteiger charge is -1.95. The van der Waals surface area contributed by atoms with E-state index < -0.39 is 12.1 Å². The molecule has 5 nitrogen and oxygen atoms in total. The van der Waals surface area contributed by atoms with Crippen LogP contribution in [0.1, 0.15) is 13.8 Å². The average molecular weight is 176 g/mol. The van der Waals surface area contributed by atoms with Crippen molar-refractivity contribution in [1.29, 1.82) is 0 Å². The number of hydrogen-bond acceptors (Lipinski definition) is 4. The number of carbonyl (C=O) groups is 2. The molecule has 0 amide bonds. The smallest absolute Gasteiger partial charge is 0.481 e. The van der Waals surface area contributed by atoms with E-state index in [9.17, 15) is 4.79 Å². The van der Waals surface area contributed by atoms with Crippen molar-refractivity contribution in [3.8, 4) is 0 Å². The summed E-state index contributed by atoms with van der Waals surface area (Å²) >= 11 is 0. The average Bonchev–Trinajstić information content (AvgIpc) is 1.87. The molecule has 0 unspecified atom stereocenters. The van der Waals surface area contributed by atoms with Crippen molar-refractivity contribution in [3.63, 3.8) is 0 Å². The molecule has 0 aliphatic carbocycles. The maximum absolute atomic E-state index is 10.1. The van der Waals surface area contributed by atoms with Crippen LogP contribution in [0.4, 0.5) is 4.79 Å². The predicted octanol–water partition coefficient (Wildman–Crippen LogP) is 1.39. The van der Waals surface area contributed by atoms with Crippen LogP contribution in [0.2, 0.25) is 0 Å². The van der Waals surface area contributed by atoms with Crippen molar-refractivity contribution in [1.82, 2.24) is 0 Å². The largest absolute Gasteiger partial charge is 0.513 e. The highest BCUT2D eigenvalue weighted by Gasteiger charge is 1.94. The van der Waals surface area contributed by atoms with Gasteiger partial charge < -0.3 is 14.6 Å². The minimum atomic E-state index is -0.833. The minimum Gasteiger partial charge on any atom is -0.481 e. The van der Waals surface area contributed by atoms with E-state index in [0.29, 0.717) is 6.61 Å². The van der Waals surface area contributed by atoms with E-state index in [-0.39, 0.29) is 0 Å². The summed E-state index contributed by atoms with van der Waals surface area (Å²) < 4.78 is 8.53. The molecule has 5 heteroatoms. The van der Waals surface area contributed by atoms with Crippen LogP contribution < -0.4 is 0 Å². The Morgan fingerprint density at radius 2 is 2.00 bits per heavy atom. The van der Waals surface area contributed by atoms with Gasteiger partial charge in [0, 0.05) is 6.92 Å². The van der Waals surface area contributed by atoms with Crippen molar-refractivity contribution >= 4 is 12.1 Å². The van der Waals surface area contributed by atoms with Gasteiger partial charge in [-0.2, -0.15) is 0 Å². The summed E-state index contributed by atoms with van der Waals surface area (Å²) in [7, 11) is 0. The van der Waals surface area contributed by atoms with Gasteiger partial charge in [-0.1, -0.05) is 6.58 Å². The van der Waals surface area contributed by atoms with Crippen LogP contribution in [-0.4, -0.2) is 23.8 Å². The van der Waals surface area contributed by atoms with Crippen LogP contribution in [0, 0.1) is 0 Å². The maximum atomic E-state index is 10.1. The highest BCUT2D eigenvalue weighted by Crippen LogP contribution is 1.82. The first kappa shape index (κ1) is 13.1. The van der Waals surface area contributed by atoms with Gasteiger partial charge in [-0.15, -0.1) is 0 Å². The number of hydrogen-bond donors (Lipinski definition) is 1. The Bertz CT molecular complexity index is 148. The first-order chi connectivity index (χ1) is 5.54. The quantitative estimate of drug-likeness (QED) is 0.508. The molecule has 0 radical (unpaired) electrons. The molecule has 12 heavy (non-hydrogen) atoms. The third-order valence-electron chi connectivity index (χ3n) is 0.442. The fourth-order valence-corrected chi connectivity index (χ4v) is 0.220. The zero-order valence-electron chi connectivity index (χ0n) is 7.07. The Labute approximate surface area is 70.6 Å². The molecule has 0 fully saturated rings. The van der Waals surface area contributed by atoms with Crippen LogP contribution in [0.25, 0.3) is 0 Å². The number of carboxylic acids is 1. The van der Waals surface area contributed by atoms with Crippen LogP contribution in [0.15, 0.2) is 12.8 Å². The van der Waals surface area contributed by atoms with Gasteiger partial charge in [0.25, 0.3) is 5.97 Å². The van der Waals surface area contributed by atoms with Gasteiger partial charge in [0.2, 0.25) is 0 Å². The van der Waals surface area contributed by atoms with E-state index in [0.717, 1.165) is 13.2 Å². The summed E-state index contributed by atoms with van der Waals surface area (Å²) in [4.78, 5) is 19.1. The molecule has 1 N–H and O–H groups in total. The second kappa shape index (κ2) is 9.48. The molecule has 70 valence electrons. The second-order valence-electron chi connectivity index (χ2n) is 1.49. The molecular formula is C7H12O5. The summed E-state index contributed by atoms with van der Waals surface area (Å²) in [6.45, 7) is 6.27. The molecule has 0 atom stereocenters. The topological polar surface area (TPSA) is 72.8 Å². The van der Waals surface area contributed by atoms with E-state index in [2.05, 4.69) is 16.1 Å². The lowest BCUT2D eigenvalue weighted by Crippen LogP contribution is -2.01. The molecule has 0 saturated carbocycles. The SMILES string of the molecule is C=COC(=O)OCC.CC(=O)O. The molecule has 0 bridgehead atoms. The van der Waals surface area contributed by atoms with Gasteiger partial charge >= 0.3 is 6.16 Å².